The molecule has 0 amide bonds. The van der Waals surface area contributed by atoms with E-state index in [2.05, 4.69) is 0 Å². The normalized spacial score (nSPS) is 11.9. The lowest BCUT2D eigenvalue weighted by Crippen LogP contribution is -2.33. The molecule has 0 atom stereocenters. The molecule has 0 unspecified atom stereocenters. The predicted octanol–water partition coefficient (Wildman–Crippen LogP) is 5.78. The van der Waals surface area contributed by atoms with Gasteiger partial charge in [0.1, 0.15) is 0 Å². The highest BCUT2D eigenvalue weighted by atomic mass is 35.5. The zero-order valence-electron chi connectivity index (χ0n) is 16.9. The first-order valence-corrected chi connectivity index (χ1v) is 10.9. The van der Waals surface area contributed by atoms with Gasteiger partial charge in [0.05, 0.1) is 6.61 Å². The number of hydrogen-bond donors (Lipinski definition) is 1. The van der Waals surface area contributed by atoms with Crippen molar-refractivity contribution in [1.29, 1.82) is 0 Å². The standard InChI is InChI=1S/C26H17BCl2O3/c28-19-9-5-17(6-10-19)21-2-1-3-23-22-13-4-16(14-24(22)26(30)25(21)23)15-32-27(31)18-7-11-20(29)12-8-18/h1-14,31H,15H2. The minimum Gasteiger partial charge on any atom is -0.423 e. The third-order valence-corrected chi connectivity index (χ3v) is 6.13. The zero-order valence-corrected chi connectivity index (χ0v) is 18.4. The average Bonchev–Trinajstić information content (AvgIpc) is 3.10. The van der Waals surface area contributed by atoms with Crippen LogP contribution < -0.4 is 5.46 Å². The molecule has 3 nitrogen and oxygen atoms in total. The zero-order chi connectivity index (χ0) is 22.2. The second-order valence-electron chi connectivity index (χ2n) is 7.66. The van der Waals surface area contributed by atoms with Gasteiger partial charge in [-0.2, -0.15) is 0 Å². The Labute approximate surface area is 196 Å². The molecule has 156 valence electrons. The van der Waals surface area contributed by atoms with Crippen molar-refractivity contribution in [3.63, 3.8) is 0 Å². The molecule has 6 heteroatoms. The van der Waals surface area contributed by atoms with E-state index in [4.69, 9.17) is 27.9 Å². The molecule has 4 aromatic rings. The lowest BCUT2D eigenvalue weighted by Gasteiger charge is -2.10. The fourth-order valence-electron chi connectivity index (χ4n) is 4.03. The topological polar surface area (TPSA) is 46.5 Å². The summed E-state index contributed by atoms with van der Waals surface area (Å²) in [4.78, 5) is 13.4. The summed E-state index contributed by atoms with van der Waals surface area (Å²) in [5, 5.41) is 11.5. The number of carbonyl (C=O) groups is 1. The molecule has 32 heavy (non-hydrogen) atoms. The van der Waals surface area contributed by atoms with E-state index in [0.717, 1.165) is 27.8 Å². The Kier molecular flexibility index (Phi) is 5.62. The molecular weight excluding hydrogens is 442 g/mol. The maximum atomic E-state index is 13.4. The van der Waals surface area contributed by atoms with Crippen LogP contribution in [0, 0.1) is 0 Å². The quantitative estimate of drug-likeness (QED) is 0.340. The summed E-state index contributed by atoms with van der Waals surface area (Å²) < 4.78 is 5.62. The van der Waals surface area contributed by atoms with Crippen LogP contribution in [0.15, 0.2) is 84.9 Å². The summed E-state index contributed by atoms with van der Waals surface area (Å²) in [7, 11) is -1.08. The summed E-state index contributed by atoms with van der Waals surface area (Å²) in [5.74, 6) is -0.0133. The highest BCUT2D eigenvalue weighted by Gasteiger charge is 2.29. The van der Waals surface area contributed by atoms with Gasteiger partial charge in [-0.15, -0.1) is 0 Å². The molecular formula is C26H17BCl2O3. The predicted molar refractivity (Wildman–Crippen MR) is 130 cm³/mol. The van der Waals surface area contributed by atoms with Crippen LogP contribution in [0.25, 0.3) is 22.3 Å². The smallest absolute Gasteiger partial charge is 0.423 e. The molecule has 0 aromatic heterocycles. The van der Waals surface area contributed by atoms with Crippen molar-refractivity contribution >= 4 is 41.6 Å². The van der Waals surface area contributed by atoms with Gasteiger partial charge < -0.3 is 9.68 Å². The number of fused-ring (bicyclic) bond motifs is 3. The van der Waals surface area contributed by atoms with E-state index < -0.39 is 7.12 Å². The van der Waals surface area contributed by atoms with Crippen LogP contribution in [0.5, 0.6) is 0 Å². The molecule has 1 N–H and O–H groups in total. The fraction of sp³-hybridized carbons (Fsp3) is 0.0385. The van der Waals surface area contributed by atoms with Gasteiger partial charge in [-0.25, -0.2) is 0 Å². The van der Waals surface area contributed by atoms with Crippen LogP contribution >= 0.6 is 23.2 Å². The highest BCUT2D eigenvalue weighted by molar-refractivity contribution is 6.60. The summed E-state index contributed by atoms with van der Waals surface area (Å²) in [5.41, 5.74) is 6.43. The van der Waals surface area contributed by atoms with E-state index in [-0.39, 0.29) is 12.4 Å². The summed E-state index contributed by atoms with van der Waals surface area (Å²) in [6.07, 6.45) is 0. The molecule has 4 aromatic carbocycles. The van der Waals surface area contributed by atoms with E-state index >= 15 is 0 Å². The second kappa shape index (κ2) is 8.57. The Morgan fingerprint density at radius 1 is 0.750 bits per heavy atom. The molecule has 0 saturated carbocycles. The van der Waals surface area contributed by atoms with Gasteiger partial charge in [0.15, 0.2) is 5.78 Å². The number of carbonyl (C=O) groups excluding carboxylic acids is 1. The van der Waals surface area contributed by atoms with Crippen molar-refractivity contribution in [3.05, 3.63) is 112 Å². The molecule has 0 radical (unpaired) electrons. The third-order valence-electron chi connectivity index (χ3n) is 5.63. The number of rotatable bonds is 5. The molecule has 0 spiro atoms. The lowest BCUT2D eigenvalue weighted by atomic mass is 9.79. The Hall–Kier alpha value is -2.89. The first kappa shape index (κ1) is 21.0. The third kappa shape index (κ3) is 3.87. The number of halogens is 2. The number of ketones is 1. The average molecular weight is 459 g/mol. The van der Waals surface area contributed by atoms with Crippen LogP contribution in [0.4, 0.5) is 0 Å². The van der Waals surface area contributed by atoms with Crippen LogP contribution in [-0.4, -0.2) is 17.9 Å². The Balaban J connectivity index is 1.41. The molecule has 0 fully saturated rings. The van der Waals surface area contributed by atoms with Gasteiger partial charge in [0.2, 0.25) is 0 Å². The largest absolute Gasteiger partial charge is 0.491 e. The molecule has 1 aliphatic rings. The van der Waals surface area contributed by atoms with E-state index in [1.165, 1.54) is 0 Å². The van der Waals surface area contributed by atoms with Crippen LogP contribution in [0.2, 0.25) is 10.0 Å². The molecule has 0 bridgehead atoms. The molecule has 5 rings (SSSR count). The second-order valence-corrected chi connectivity index (χ2v) is 8.53. The minimum atomic E-state index is -1.08. The van der Waals surface area contributed by atoms with Gasteiger partial charge in [-0.1, -0.05) is 77.8 Å². The van der Waals surface area contributed by atoms with E-state index in [1.54, 1.807) is 24.3 Å². The maximum absolute atomic E-state index is 13.4. The van der Waals surface area contributed by atoms with Crippen molar-refractivity contribution in [2.24, 2.45) is 0 Å². The molecule has 0 saturated heterocycles. The van der Waals surface area contributed by atoms with Crippen LogP contribution in [0.1, 0.15) is 21.5 Å². The summed E-state index contributed by atoms with van der Waals surface area (Å²) in [6, 6.07) is 25.9. The monoisotopic (exact) mass is 458 g/mol. The van der Waals surface area contributed by atoms with Crippen LogP contribution in [-0.2, 0) is 11.3 Å². The van der Waals surface area contributed by atoms with E-state index in [0.29, 0.717) is 26.6 Å². The summed E-state index contributed by atoms with van der Waals surface area (Å²) in [6.45, 7) is 0.171. The minimum absolute atomic E-state index is 0.0133. The first-order valence-electron chi connectivity index (χ1n) is 10.1. The number of hydrogen-bond acceptors (Lipinski definition) is 3. The van der Waals surface area contributed by atoms with Crippen molar-refractivity contribution < 1.29 is 14.5 Å². The maximum Gasteiger partial charge on any atom is 0.491 e. The van der Waals surface area contributed by atoms with Gasteiger partial charge in [0, 0.05) is 21.2 Å². The van der Waals surface area contributed by atoms with Gasteiger partial charge in [-0.05, 0) is 63.6 Å². The Bertz CT molecular complexity index is 1320. The van der Waals surface area contributed by atoms with Crippen molar-refractivity contribution in [2.75, 3.05) is 0 Å². The Morgan fingerprint density at radius 2 is 1.41 bits per heavy atom. The summed E-state index contributed by atoms with van der Waals surface area (Å²) >= 11 is 11.9. The lowest BCUT2D eigenvalue weighted by molar-refractivity contribution is 0.104. The van der Waals surface area contributed by atoms with Crippen molar-refractivity contribution in [1.82, 2.24) is 0 Å². The Morgan fingerprint density at radius 3 is 2.12 bits per heavy atom. The van der Waals surface area contributed by atoms with E-state index in [1.807, 2.05) is 60.7 Å². The van der Waals surface area contributed by atoms with Crippen LogP contribution in [0.3, 0.4) is 0 Å². The SMILES string of the molecule is O=C1c2cc(COB(O)c3ccc(Cl)cc3)ccc2-c2cccc(-c3ccc(Cl)cc3)c21. The van der Waals surface area contributed by atoms with Gasteiger partial charge in [0.25, 0.3) is 0 Å². The van der Waals surface area contributed by atoms with Gasteiger partial charge in [-0.3, -0.25) is 4.79 Å². The molecule has 0 heterocycles. The fourth-order valence-corrected chi connectivity index (χ4v) is 4.28. The first-order chi connectivity index (χ1) is 15.5. The number of benzene rings is 4. The van der Waals surface area contributed by atoms with Crippen molar-refractivity contribution in [3.8, 4) is 22.3 Å². The van der Waals surface area contributed by atoms with Crippen molar-refractivity contribution in [2.45, 2.75) is 6.61 Å². The van der Waals surface area contributed by atoms with Gasteiger partial charge >= 0.3 is 7.12 Å². The molecule has 1 aliphatic carbocycles. The molecule has 0 aliphatic heterocycles. The highest BCUT2D eigenvalue weighted by Crippen LogP contribution is 2.42. The van der Waals surface area contributed by atoms with E-state index in [9.17, 15) is 9.82 Å².